The van der Waals surface area contributed by atoms with Crippen molar-refractivity contribution in [1.29, 1.82) is 0 Å². The number of carbonyl (C=O) groups is 2. The Morgan fingerprint density at radius 2 is 1.94 bits per heavy atom. The molecule has 1 unspecified atom stereocenters. The van der Waals surface area contributed by atoms with Gasteiger partial charge in [-0.2, -0.15) is 0 Å². The van der Waals surface area contributed by atoms with Crippen molar-refractivity contribution in [2.75, 3.05) is 20.1 Å². The summed E-state index contributed by atoms with van der Waals surface area (Å²) in [5.74, 6) is -0.0856. The van der Waals surface area contributed by atoms with Gasteiger partial charge in [-0.3, -0.25) is 9.78 Å². The number of amides is 1. The molecule has 3 rings (SSSR count). The van der Waals surface area contributed by atoms with E-state index in [4.69, 9.17) is 4.79 Å². The third kappa shape index (κ3) is 10.9. The van der Waals surface area contributed by atoms with Gasteiger partial charge in [0.15, 0.2) is 0 Å². The molecule has 1 amide bonds. The number of hydrogen-bond acceptors (Lipinski definition) is 5. The number of halogens is 1. The van der Waals surface area contributed by atoms with Gasteiger partial charge in [0, 0.05) is 42.5 Å². The topological polar surface area (TPSA) is 116 Å². The first-order valence-corrected chi connectivity index (χ1v) is 10.0. The Morgan fingerprint density at radius 1 is 1.31 bits per heavy atom. The molecule has 1 aromatic carbocycles. The van der Waals surface area contributed by atoms with Crippen LogP contribution in [0.4, 0.5) is 4.39 Å². The zero-order chi connectivity index (χ0) is 22.9. The normalized spacial score (nSPS) is 14.8. The number of benzene rings is 1. The summed E-state index contributed by atoms with van der Waals surface area (Å²) in [6, 6.07) is 5.79. The summed E-state index contributed by atoms with van der Waals surface area (Å²) in [5, 5.41) is 13.8. The molecule has 0 spiro atoms. The molecule has 2 aromatic rings. The first-order valence-electron chi connectivity index (χ1n) is 10.0. The molecular weight excluding hydrogens is 438 g/mol. The van der Waals surface area contributed by atoms with Crippen molar-refractivity contribution in [2.24, 2.45) is 5.41 Å². The predicted octanol–water partition coefficient (Wildman–Crippen LogP) is 0.954. The summed E-state index contributed by atoms with van der Waals surface area (Å²) in [5.41, 5.74) is 1.99. The van der Waals surface area contributed by atoms with Crippen LogP contribution in [0, 0.1) is 18.2 Å². The maximum absolute atomic E-state index is 13.5. The number of pyridine rings is 1. The van der Waals surface area contributed by atoms with Crippen molar-refractivity contribution in [3.63, 3.8) is 0 Å². The third-order valence-corrected chi connectivity index (χ3v) is 4.68. The fraction of sp³-hybridized carbons (Fsp3) is 0.522. The molecule has 9 heteroatoms. The van der Waals surface area contributed by atoms with Gasteiger partial charge < -0.3 is 26.3 Å². The summed E-state index contributed by atoms with van der Waals surface area (Å²) in [7, 11) is 1.87. The van der Waals surface area contributed by atoms with Crippen LogP contribution < -0.4 is 56.7 Å². The molecule has 1 aliphatic heterocycles. The molecule has 1 fully saturated rings. The molecule has 2 heterocycles. The number of likely N-dealkylation sites (tertiary alicyclic amines) is 1. The van der Waals surface area contributed by atoms with Crippen LogP contribution in [-0.2, 0) is 16.1 Å². The van der Waals surface area contributed by atoms with Gasteiger partial charge in [0.1, 0.15) is 12.6 Å². The fourth-order valence-corrected chi connectivity index (χ4v) is 3.24. The van der Waals surface area contributed by atoms with Gasteiger partial charge in [-0.25, -0.2) is 4.39 Å². The van der Waals surface area contributed by atoms with Gasteiger partial charge in [0.05, 0.1) is 12.3 Å². The Morgan fingerprint density at radius 3 is 2.44 bits per heavy atom. The zero-order valence-electron chi connectivity index (χ0n) is 20.2. The minimum Gasteiger partial charge on any atom is -0.693 e. The smallest absolute Gasteiger partial charge is 0.693 e. The van der Waals surface area contributed by atoms with Crippen LogP contribution in [0.3, 0.4) is 0 Å². The van der Waals surface area contributed by atoms with Crippen molar-refractivity contribution in [2.45, 2.75) is 53.2 Å². The minimum atomic E-state index is -0.302. The number of β-amino-alcohol motifs (C(OH)–C–C–N with tert-alkyl or cyclic N) is 1. The molecular formula is C23H36FKN4O3. The third-order valence-electron chi connectivity index (χ3n) is 4.68. The maximum atomic E-state index is 13.5. The first-order chi connectivity index (χ1) is 14.1. The number of aliphatic hydroxyl groups excluding tert-OH is 1. The van der Waals surface area contributed by atoms with Crippen LogP contribution in [0.25, 0.3) is 16.9 Å². The second kappa shape index (κ2) is 15.9. The molecule has 0 aliphatic carbocycles. The monoisotopic (exact) mass is 474 g/mol. The molecule has 4 N–H and O–H groups in total. The van der Waals surface area contributed by atoms with E-state index in [1.165, 1.54) is 6.20 Å². The Bertz CT molecular complexity index is 846. The summed E-state index contributed by atoms with van der Waals surface area (Å²) < 4.78 is 13.5. The van der Waals surface area contributed by atoms with Crippen LogP contribution >= 0.6 is 0 Å². The number of carbonyl (C=O) groups excluding carboxylic acids is 2. The first kappa shape index (κ1) is 33.4. The Balaban J connectivity index is 0. The van der Waals surface area contributed by atoms with Gasteiger partial charge in [0.2, 0.25) is 5.91 Å². The second-order valence-corrected chi connectivity index (χ2v) is 8.62. The van der Waals surface area contributed by atoms with Crippen LogP contribution in [0.1, 0.15) is 44.9 Å². The molecule has 32 heavy (non-hydrogen) atoms. The largest absolute Gasteiger partial charge is 1.00 e. The molecule has 1 saturated heterocycles. The maximum Gasteiger partial charge on any atom is 1.00 e. The van der Waals surface area contributed by atoms with Crippen molar-refractivity contribution in [1.82, 2.24) is 15.2 Å². The molecule has 174 valence electrons. The summed E-state index contributed by atoms with van der Waals surface area (Å²) >= 11 is 0. The van der Waals surface area contributed by atoms with Gasteiger partial charge in [-0.1, -0.05) is 32.9 Å². The number of nitrogens with one attached hydrogen (secondary N) is 1. The van der Waals surface area contributed by atoms with Crippen LogP contribution in [0.15, 0.2) is 24.4 Å². The SMILES string of the molecule is C=O.CC(C)(C)CC(=O)N1CCC(O)C1.CNCc1ccc2c(C)ncc(F)c2c1.[K+].[NH2-]. The van der Waals surface area contributed by atoms with Crippen LogP contribution in [0.5, 0.6) is 0 Å². The zero-order valence-corrected chi connectivity index (χ0v) is 23.4. The summed E-state index contributed by atoms with van der Waals surface area (Å²) in [4.78, 5) is 25.4. The van der Waals surface area contributed by atoms with Crippen molar-refractivity contribution >= 4 is 23.5 Å². The van der Waals surface area contributed by atoms with E-state index in [2.05, 4.69) is 31.1 Å². The van der Waals surface area contributed by atoms with Gasteiger partial charge in [0.25, 0.3) is 0 Å². The number of aryl methyl sites for hydroxylation is 1. The van der Waals surface area contributed by atoms with Gasteiger partial charge in [-0.05, 0) is 37.4 Å². The van der Waals surface area contributed by atoms with E-state index in [-0.39, 0.29) is 80.8 Å². The van der Waals surface area contributed by atoms with Crippen molar-refractivity contribution in [3.05, 3.63) is 47.6 Å². The second-order valence-electron chi connectivity index (χ2n) is 8.62. The Kier molecular flexibility index (Phi) is 16.6. The minimum absolute atomic E-state index is 0. The molecule has 1 aliphatic rings. The van der Waals surface area contributed by atoms with E-state index in [9.17, 15) is 14.3 Å². The van der Waals surface area contributed by atoms with E-state index >= 15 is 0 Å². The van der Waals surface area contributed by atoms with E-state index in [1.54, 1.807) is 4.90 Å². The average Bonchev–Trinajstić information content (AvgIpc) is 3.13. The molecule has 0 radical (unpaired) electrons. The Hall–Kier alpha value is -0.784. The van der Waals surface area contributed by atoms with Crippen LogP contribution in [0.2, 0.25) is 0 Å². The van der Waals surface area contributed by atoms with E-state index in [0.29, 0.717) is 18.4 Å². The van der Waals surface area contributed by atoms with Gasteiger partial charge in [-0.15, -0.1) is 0 Å². The molecule has 7 nitrogen and oxygen atoms in total. The fourth-order valence-electron chi connectivity index (χ4n) is 3.24. The predicted molar refractivity (Wildman–Crippen MR) is 123 cm³/mol. The number of aliphatic hydroxyl groups is 1. The summed E-state index contributed by atoms with van der Waals surface area (Å²) in [6.07, 6.45) is 2.28. The molecule has 0 saturated carbocycles. The standard InChI is InChI=1S/C12H13FN2.C10H19NO2.CH2O.K.H2N/c1-8-10-4-3-9(6-14-2)5-11(10)12(13)7-15-8;1-10(2,3)6-9(13)11-5-4-8(12)7-11;1-2;;/h3-5,7,14H,6H2,1-2H3;8,12H,4-7H2,1-3H3;1H2;;1H2/q;;;+1;-1. The van der Waals surface area contributed by atoms with Crippen molar-refractivity contribution < 1.29 is 70.5 Å². The van der Waals surface area contributed by atoms with Gasteiger partial charge >= 0.3 is 51.4 Å². The quantitative estimate of drug-likeness (QED) is 0.643. The Labute approximate surface area is 233 Å². The van der Waals surface area contributed by atoms with E-state index in [1.807, 2.05) is 39.0 Å². The van der Waals surface area contributed by atoms with Crippen LogP contribution in [-0.4, -0.2) is 53.9 Å². The van der Waals surface area contributed by atoms with E-state index in [0.717, 1.165) is 36.2 Å². The van der Waals surface area contributed by atoms with Crippen molar-refractivity contribution in [3.8, 4) is 0 Å². The van der Waals surface area contributed by atoms with E-state index < -0.39 is 0 Å². The number of nitrogens with two attached hydrogens (primary N) is 1. The molecule has 0 bridgehead atoms. The average molecular weight is 475 g/mol. The summed E-state index contributed by atoms with van der Waals surface area (Å²) in [6.45, 7) is 12.0. The molecule has 1 aromatic heterocycles. The number of aromatic nitrogens is 1. The number of fused-ring (bicyclic) bond motifs is 1. The number of nitrogens with zero attached hydrogens (tertiary/aromatic N) is 2. The number of rotatable bonds is 3. The molecule has 1 atom stereocenters. The number of hydrogen-bond donors (Lipinski definition) is 2.